The molecular weight excluding hydrogens is 388 g/mol. The van der Waals surface area contributed by atoms with Crippen LogP contribution in [0.3, 0.4) is 0 Å². The SMILES string of the molecule is O=S(=O)(c1ccccc1)c1c(-c2ccccc2)[nH]c(-c2ccccc2)nc1=S. The average Bonchev–Trinajstić information content (AvgIpc) is 2.75. The lowest BCUT2D eigenvalue weighted by molar-refractivity contribution is 0.595. The molecule has 4 rings (SSSR count). The van der Waals surface area contributed by atoms with E-state index in [4.69, 9.17) is 12.2 Å². The molecule has 0 radical (unpaired) electrons. The maximum atomic E-state index is 13.4. The Balaban J connectivity index is 2.03. The van der Waals surface area contributed by atoms with Gasteiger partial charge in [-0.3, -0.25) is 0 Å². The zero-order valence-corrected chi connectivity index (χ0v) is 16.4. The molecule has 1 heterocycles. The third-order valence-electron chi connectivity index (χ3n) is 4.31. The van der Waals surface area contributed by atoms with E-state index in [0.29, 0.717) is 11.5 Å². The summed E-state index contributed by atoms with van der Waals surface area (Å²) in [6.07, 6.45) is 0. The Hall–Kier alpha value is -3.09. The first-order valence-electron chi connectivity index (χ1n) is 8.62. The van der Waals surface area contributed by atoms with Gasteiger partial charge in [-0.1, -0.05) is 91.1 Å². The Morgan fingerprint density at radius 2 is 1.21 bits per heavy atom. The number of hydrogen-bond acceptors (Lipinski definition) is 4. The summed E-state index contributed by atoms with van der Waals surface area (Å²) in [7, 11) is -3.85. The second-order valence-electron chi connectivity index (χ2n) is 6.14. The lowest BCUT2D eigenvalue weighted by atomic mass is 10.1. The van der Waals surface area contributed by atoms with E-state index in [2.05, 4.69) is 9.97 Å². The van der Waals surface area contributed by atoms with Gasteiger partial charge in [0.2, 0.25) is 9.84 Å². The van der Waals surface area contributed by atoms with Crippen LogP contribution in [0.4, 0.5) is 0 Å². The maximum Gasteiger partial charge on any atom is 0.211 e. The molecule has 0 aliphatic heterocycles. The van der Waals surface area contributed by atoms with Crippen molar-refractivity contribution in [3.05, 3.63) is 95.6 Å². The molecule has 0 aliphatic rings. The normalized spacial score (nSPS) is 11.3. The Morgan fingerprint density at radius 1 is 0.714 bits per heavy atom. The van der Waals surface area contributed by atoms with Crippen LogP contribution < -0.4 is 0 Å². The van der Waals surface area contributed by atoms with E-state index < -0.39 is 9.84 Å². The van der Waals surface area contributed by atoms with Crippen molar-refractivity contribution in [3.63, 3.8) is 0 Å². The first-order valence-corrected chi connectivity index (χ1v) is 10.5. The maximum absolute atomic E-state index is 13.4. The van der Waals surface area contributed by atoms with Gasteiger partial charge in [0.15, 0.2) is 0 Å². The molecular formula is C22H16N2O2S2. The number of benzene rings is 3. The number of H-pyrrole nitrogens is 1. The van der Waals surface area contributed by atoms with Crippen LogP contribution in [-0.2, 0) is 9.84 Å². The predicted molar refractivity (Wildman–Crippen MR) is 112 cm³/mol. The van der Waals surface area contributed by atoms with Crippen molar-refractivity contribution in [1.82, 2.24) is 9.97 Å². The lowest BCUT2D eigenvalue weighted by Crippen LogP contribution is -2.08. The van der Waals surface area contributed by atoms with Crippen molar-refractivity contribution in [2.24, 2.45) is 0 Å². The van der Waals surface area contributed by atoms with E-state index >= 15 is 0 Å². The Labute approximate surface area is 168 Å². The summed E-state index contributed by atoms with van der Waals surface area (Å²) in [5.41, 5.74) is 1.99. The number of hydrogen-bond donors (Lipinski definition) is 1. The third-order valence-corrected chi connectivity index (χ3v) is 6.56. The number of nitrogens with zero attached hydrogens (tertiary/aromatic N) is 1. The molecule has 0 unspecified atom stereocenters. The van der Waals surface area contributed by atoms with Gasteiger partial charge in [0.05, 0.1) is 10.6 Å². The molecule has 4 aromatic rings. The summed E-state index contributed by atoms with van der Waals surface area (Å²) in [4.78, 5) is 7.80. The Morgan fingerprint density at radius 3 is 1.79 bits per heavy atom. The molecule has 1 N–H and O–H groups in total. The summed E-state index contributed by atoms with van der Waals surface area (Å²) >= 11 is 5.46. The third kappa shape index (κ3) is 3.40. The number of aromatic amines is 1. The molecule has 0 amide bonds. The molecule has 28 heavy (non-hydrogen) atoms. The first kappa shape index (κ1) is 18.3. The molecule has 0 bridgehead atoms. The zero-order valence-electron chi connectivity index (χ0n) is 14.7. The van der Waals surface area contributed by atoms with Gasteiger partial charge in [-0.25, -0.2) is 13.4 Å². The fourth-order valence-electron chi connectivity index (χ4n) is 2.97. The van der Waals surface area contributed by atoms with Crippen molar-refractivity contribution in [1.29, 1.82) is 0 Å². The van der Waals surface area contributed by atoms with E-state index in [1.165, 1.54) is 0 Å². The summed E-state index contributed by atoms with van der Waals surface area (Å²) in [5.74, 6) is 0.525. The molecule has 0 aliphatic carbocycles. The van der Waals surface area contributed by atoms with Crippen molar-refractivity contribution in [2.75, 3.05) is 0 Å². The highest BCUT2D eigenvalue weighted by Gasteiger charge is 2.26. The van der Waals surface area contributed by atoms with Crippen molar-refractivity contribution in [3.8, 4) is 22.6 Å². The van der Waals surface area contributed by atoms with E-state index in [1.54, 1.807) is 30.3 Å². The molecule has 0 fully saturated rings. The fourth-order valence-corrected chi connectivity index (χ4v) is 4.96. The molecule has 0 atom stereocenters. The second-order valence-corrected chi connectivity index (χ2v) is 8.42. The van der Waals surface area contributed by atoms with Crippen molar-refractivity contribution < 1.29 is 8.42 Å². The molecule has 3 aromatic carbocycles. The van der Waals surface area contributed by atoms with E-state index in [9.17, 15) is 8.42 Å². The zero-order chi connectivity index (χ0) is 19.6. The van der Waals surface area contributed by atoms with Crippen LogP contribution in [0.1, 0.15) is 0 Å². The van der Waals surface area contributed by atoms with Crippen LogP contribution in [0.5, 0.6) is 0 Å². The molecule has 0 saturated heterocycles. The molecule has 4 nitrogen and oxygen atoms in total. The van der Waals surface area contributed by atoms with Gasteiger partial charge in [0.25, 0.3) is 0 Å². The summed E-state index contributed by atoms with van der Waals surface area (Å²) in [6, 6.07) is 27.0. The van der Waals surface area contributed by atoms with Gasteiger partial charge in [-0.15, -0.1) is 0 Å². The minimum atomic E-state index is -3.85. The molecule has 1 aromatic heterocycles. The predicted octanol–water partition coefficient (Wildman–Crippen LogP) is 5.31. The number of nitrogens with one attached hydrogen (secondary N) is 1. The minimum Gasteiger partial charge on any atom is -0.338 e. The largest absolute Gasteiger partial charge is 0.338 e. The second kappa shape index (κ2) is 7.50. The monoisotopic (exact) mass is 404 g/mol. The molecule has 6 heteroatoms. The number of sulfone groups is 1. The topological polar surface area (TPSA) is 62.8 Å². The van der Waals surface area contributed by atoms with Crippen LogP contribution in [0.2, 0.25) is 0 Å². The van der Waals surface area contributed by atoms with Crippen LogP contribution in [0.15, 0.2) is 101 Å². The quantitative estimate of drug-likeness (QED) is 0.469. The van der Waals surface area contributed by atoms with E-state index in [-0.39, 0.29) is 14.4 Å². The molecule has 0 spiro atoms. The average molecular weight is 405 g/mol. The Bertz CT molecular complexity index is 1270. The minimum absolute atomic E-state index is 0.0135. The fraction of sp³-hybridized carbons (Fsp3) is 0. The van der Waals surface area contributed by atoms with Gasteiger partial charge >= 0.3 is 0 Å². The molecule has 138 valence electrons. The molecule has 0 saturated carbocycles. The summed E-state index contributed by atoms with van der Waals surface area (Å²) in [5, 5.41) is 0. The van der Waals surface area contributed by atoms with Gasteiger partial charge in [0.1, 0.15) is 15.4 Å². The number of rotatable bonds is 4. The first-order chi connectivity index (χ1) is 13.6. The van der Waals surface area contributed by atoms with Crippen LogP contribution in [0, 0.1) is 4.64 Å². The van der Waals surface area contributed by atoms with Crippen LogP contribution >= 0.6 is 12.2 Å². The summed E-state index contributed by atoms with van der Waals surface area (Å²) < 4.78 is 26.8. The highest BCUT2D eigenvalue weighted by molar-refractivity contribution is 7.92. The van der Waals surface area contributed by atoms with Gasteiger partial charge < -0.3 is 4.98 Å². The van der Waals surface area contributed by atoms with Crippen LogP contribution in [-0.4, -0.2) is 18.4 Å². The van der Waals surface area contributed by atoms with Crippen molar-refractivity contribution >= 4 is 22.1 Å². The summed E-state index contributed by atoms with van der Waals surface area (Å²) in [6.45, 7) is 0. The highest BCUT2D eigenvalue weighted by Crippen LogP contribution is 2.32. The van der Waals surface area contributed by atoms with Crippen molar-refractivity contribution in [2.45, 2.75) is 9.79 Å². The van der Waals surface area contributed by atoms with Gasteiger partial charge in [0, 0.05) is 5.56 Å². The van der Waals surface area contributed by atoms with Gasteiger partial charge in [-0.05, 0) is 17.7 Å². The number of aromatic nitrogens is 2. The van der Waals surface area contributed by atoms with Gasteiger partial charge in [-0.2, -0.15) is 0 Å². The van der Waals surface area contributed by atoms with Crippen LogP contribution in [0.25, 0.3) is 22.6 Å². The standard InChI is InChI=1S/C22H16N2O2S2/c25-28(26,18-14-8-3-9-15-18)20-19(16-10-4-1-5-11-16)23-21(24-22(20)27)17-12-6-2-7-13-17/h1-15H,(H,23,24,27). The Kier molecular flexibility index (Phi) is 4.90. The van der Waals surface area contributed by atoms with E-state index in [1.807, 2.05) is 60.7 Å². The van der Waals surface area contributed by atoms with E-state index in [0.717, 1.165) is 11.1 Å². The smallest absolute Gasteiger partial charge is 0.211 e. The highest BCUT2D eigenvalue weighted by atomic mass is 32.2. The lowest BCUT2D eigenvalue weighted by Gasteiger charge is -2.13.